The highest BCUT2D eigenvalue weighted by Gasteiger charge is 2.36. The van der Waals surface area contributed by atoms with Crippen LogP contribution in [0.2, 0.25) is 0 Å². The third kappa shape index (κ3) is 7.42. The summed E-state index contributed by atoms with van der Waals surface area (Å²) >= 11 is 8.61. The zero-order valence-corrected chi connectivity index (χ0v) is 23.9. The molecule has 0 amide bonds. The fraction of sp³-hybridized carbons (Fsp3) is 0.643. The van der Waals surface area contributed by atoms with Crippen LogP contribution in [-0.2, 0) is 0 Å². The lowest BCUT2D eigenvalue weighted by molar-refractivity contribution is 0.259. The highest BCUT2D eigenvalue weighted by atomic mass is 32.2. The second-order valence-electron chi connectivity index (χ2n) is 9.71. The molecule has 2 aliphatic heterocycles. The number of hydrogen-bond acceptors (Lipinski definition) is 5. The SMILES string of the molecule is C=CCC/C=C/C1SCC(C2SCC(C3CCC(c4ccc(OCC)c(F)c4F)CC3)CS2)CS1. The number of benzene rings is 1. The monoisotopic (exact) mass is 556 g/mol. The van der Waals surface area contributed by atoms with Gasteiger partial charge >= 0.3 is 0 Å². The molecule has 0 unspecified atom stereocenters. The molecule has 4 rings (SSSR count). The first kappa shape index (κ1) is 27.8. The Morgan fingerprint density at radius 1 is 0.886 bits per heavy atom. The van der Waals surface area contributed by atoms with Crippen LogP contribution < -0.4 is 4.74 Å². The largest absolute Gasteiger partial charge is 0.491 e. The maximum absolute atomic E-state index is 14.7. The maximum Gasteiger partial charge on any atom is 0.200 e. The van der Waals surface area contributed by atoms with Gasteiger partial charge in [0.2, 0.25) is 5.82 Å². The van der Waals surface area contributed by atoms with Crippen molar-refractivity contribution >= 4 is 47.0 Å². The first-order chi connectivity index (χ1) is 17.1. The topological polar surface area (TPSA) is 9.23 Å². The minimum atomic E-state index is -0.827. The molecule has 0 spiro atoms. The Kier molecular flexibility index (Phi) is 11.2. The Bertz CT molecular complexity index is 840. The normalized spacial score (nSPS) is 32.0. The van der Waals surface area contributed by atoms with E-state index >= 15 is 0 Å². The van der Waals surface area contributed by atoms with Crippen molar-refractivity contribution in [1.29, 1.82) is 0 Å². The lowest BCUT2D eigenvalue weighted by Gasteiger charge is -2.40. The number of rotatable bonds is 9. The first-order valence-corrected chi connectivity index (χ1v) is 17.1. The summed E-state index contributed by atoms with van der Waals surface area (Å²) in [5, 5.41) is 0. The van der Waals surface area contributed by atoms with Crippen LogP contribution in [0.4, 0.5) is 8.78 Å². The number of halogens is 2. The summed E-state index contributed by atoms with van der Waals surface area (Å²) in [6, 6.07) is 3.34. The summed E-state index contributed by atoms with van der Waals surface area (Å²) in [4.78, 5) is 0. The number of ether oxygens (including phenoxy) is 1. The van der Waals surface area contributed by atoms with Crippen molar-refractivity contribution < 1.29 is 13.5 Å². The summed E-state index contributed by atoms with van der Waals surface area (Å²) < 4.78 is 35.6. The van der Waals surface area contributed by atoms with E-state index in [1.54, 1.807) is 19.1 Å². The Hall–Kier alpha value is -0.240. The van der Waals surface area contributed by atoms with Gasteiger partial charge in [0.15, 0.2) is 11.6 Å². The van der Waals surface area contributed by atoms with Gasteiger partial charge in [0, 0.05) is 11.5 Å². The second kappa shape index (κ2) is 14.1. The highest BCUT2D eigenvalue weighted by molar-refractivity contribution is 8.19. The molecule has 7 heteroatoms. The minimum Gasteiger partial charge on any atom is -0.491 e. The molecule has 1 saturated carbocycles. The third-order valence-corrected chi connectivity index (χ3v) is 13.9. The zero-order chi connectivity index (χ0) is 24.6. The average Bonchev–Trinajstić information content (AvgIpc) is 2.90. The van der Waals surface area contributed by atoms with Gasteiger partial charge in [-0.25, -0.2) is 4.39 Å². The molecule has 0 aromatic heterocycles. The Balaban J connectivity index is 1.19. The third-order valence-electron chi connectivity index (χ3n) is 7.37. The second-order valence-corrected chi connectivity index (χ2v) is 15.0. The van der Waals surface area contributed by atoms with Crippen LogP contribution in [0.5, 0.6) is 5.75 Å². The molecule has 2 saturated heterocycles. The lowest BCUT2D eigenvalue weighted by Crippen LogP contribution is -2.33. The van der Waals surface area contributed by atoms with E-state index in [1.165, 1.54) is 23.0 Å². The van der Waals surface area contributed by atoms with Gasteiger partial charge in [0.25, 0.3) is 0 Å². The van der Waals surface area contributed by atoms with E-state index in [-0.39, 0.29) is 11.7 Å². The fourth-order valence-corrected chi connectivity index (χ4v) is 12.4. The van der Waals surface area contributed by atoms with E-state index in [4.69, 9.17) is 4.74 Å². The van der Waals surface area contributed by atoms with Crippen LogP contribution in [0.3, 0.4) is 0 Å². The van der Waals surface area contributed by atoms with Gasteiger partial charge in [-0.15, -0.1) is 53.6 Å². The minimum absolute atomic E-state index is 0.0264. The molecule has 0 radical (unpaired) electrons. The van der Waals surface area contributed by atoms with Gasteiger partial charge in [-0.3, -0.25) is 0 Å². The van der Waals surface area contributed by atoms with Crippen LogP contribution in [0, 0.1) is 29.4 Å². The molecular formula is C28H38F2OS4. The molecule has 0 atom stereocenters. The number of unbranched alkanes of at least 4 members (excludes halogenated alkanes) is 1. The van der Waals surface area contributed by atoms with Crippen molar-refractivity contribution in [2.75, 3.05) is 29.6 Å². The first-order valence-electron chi connectivity index (χ1n) is 12.9. The van der Waals surface area contributed by atoms with Crippen LogP contribution in [0.15, 0.2) is 36.9 Å². The summed E-state index contributed by atoms with van der Waals surface area (Å²) in [6.45, 7) is 5.91. The van der Waals surface area contributed by atoms with E-state index in [1.807, 2.05) is 6.08 Å². The van der Waals surface area contributed by atoms with Gasteiger partial charge in [0.05, 0.1) is 15.8 Å². The van der Waals surface area contributed by atoms with Crippen molar-refractivity contribution in [2.24, 2.45) is 17.8 Å². The Labute approximate surface area is 227 Å². The molecule has 3 aliphatic rings. The number of allylic oxidation sites excluding steroid dienone is 2. The maximum atomic E-state index is 14.7. The van der Waals surface area contributed by atoms with Crippen molar-refractivity contribution in [2.45, 2.75) is 60.5 Å². The zero-order valence-electron chi connectivity index (χ0n) is 20.6. The lowest BCUT2D eigenvalue weighted by atomic mass is 9.74. The molecule has 1 aromatic rings. The van der Waals surface area contributed by atoms with Crippen LogP contribution >= 0.6 is 47.0 Å². The Morgan fingerprint density at radius 3 is 2.23 bits per heavy atom. The molecule has 0 N–H and O–H groups in total. The van der Waals surface area contributed by atoms with Crippen molar-refractivity contribution in [1.82, 2.24) is 0 Å². The molecule has 1 nitrogen and oxygen atoms in total. The predicted octanol–water partition coefficient (Wildman–Crippen LogP) is 9.00. The summed E-state index contributed by atoms with van der Waals surface area (Å²) in [6.07, 6.45) is 13.0. The molecule has 1 aliphatic carbocycles. The van der Waals surface area contributed by atoms with Crippen molar-refractivity contribution in [3.63, 3.8) is 0 Å². The molecule has 2 heterocycles. The van der Waals surface area contributed by atoms with Gasteiger partial charge in [-0.1, -0.05) is 24.3 Å². The van der Waals surface area contributed by atoms with E-state index < -0.39 is 11.6 Å². The summed E-state index contributed by atoms with van der Waals surface area (Å²) in [7, 11) is 0. The smallest absolute Gasteiger partial charge is 0.200 e. The van der Waals surface area contributed by atoms with Gasteiger partial charge in [-0.05, 0) is 92.3 Å². The van der Waals surface area contributed by atoms with Crippen LogP contribution in [0.25, 0.3) is 0 Å². The van der Waals surface area contributed by atoms with Gasteiger partial charge < -0.3 is 4.74 Å². The van der Waals surface area contributed by atoms with Crippen molar-refractivity contribution in [3.8, 4) is 5.75 Å². The summed E-state index contributed by atoms with van der Waals surface area (Å²) in [5.41, 5.74) is 0.540. The molecule has 194 valence electrons. The molecular weight excluding hydrogens is 519 g/mol. The number of hydrogen-bond donors (Lipinski definition) is 0. The fourth-order valence-electron chi connectivity index (χ4n) is 5.33. The standard InChI is InChI=1S/C28H38F2OS4/c1-3-5-6-7-8-25-32-17-22(18-33-25)28-34-15-21(16-35-28)19-9-11-20(12-10-19)23-13-14-24(31-4-2)27(30)26(23)29/h3,7-8,13-14,19-22,25,28H,1,4-6,9-12,15-18H2,2H3/b8-7+. The average molecular weight is 557 g/mol. The molecule has 0 bridgehead atoms. The van der Waals surface area contributed by atoms with Crippen molar-refractivity contribution in [3.05, 3.63) is 54.1 Å². The molecule has 3 fully saturated rings. The highest BCUT2D eigenvalue weighted by Crippen LogP contribution is 2.49. The van der Waals surface area contributed by atoms with Gasteiger partial charge in [0.1, 0.15) is 0 Å². The summed E-state index contributed by atoms with van der Waals surface area (Å²) in [5.74, 6) is 5.97. The quantitative estimate of drug-likeness (QED) is 0.221. The Morgan fingerprint density at radius 2 is 1.57 bits per heavy atom. The predicted molar refractivity (Wildman–Crippen MR) is 155 cm³/mol. The van der Waals surface area contributed by atoms with E-state index in [2.05, 4.69) is 65.8 Å². The van der Waals surface area contributed by atoms with E-state index in [9.17, 15) is 8.78 Å². The van der Waals surface area contributed by atoms with E-state index in [0.29, 0.717) is 16.8 Å². The molecule has 35 heavy (non-hydrogen) atoms. The van der Waals surface area contributed by atoms with Gasteiger partial charge in [-0.2, -0.15) is 4.39 Å². The van der Waals surface area contributed by atoms with Crippen LogP contribution in [-0.4, -0.2) is 38.8 Å². The van der Waals surface area contributed by atoms with E-state index in [0.717, 1.165) is 60.9 Å². The van der Waals surface area contributed by atoms with Crippen LogP contribution in [0.1, 0.15) is 56.9 Å². The number of thioether (sulfide) groups is 4. The molecule has 1 aromatic carbocycles.